The molecule has 1 aromatic heterocycles. The first kappa shape index (κ1) is 9.82. The molecule has 66 valence electrons. The minimum absolute atomic E-state index is 0.246. The molecule has 0 bridgehead atoms. The molecule has 0 saturated carbocycles. The Hall–Kier alpha value is -0.270. The van der Waals surface area contributed by atoms with Crippen LogP contribution in [0.1, 0.15) is 25.6 Å². The van der Waals surface area contributed by atoms with Gasteiger partial charge in [0.25, 0.3) is 0 Å². The molecule has 0 saturated heterocycles. The van der Waals surface area contributed by atoms with Gasteiger partial charge in [0.1, 0.15) is 0 Å². The Labute approximate surface area is 82.9 Å². The van der Waals surface area contributed by atoms with Crippen molar-refractivity contribution in [3.05, 3.63) is 27.4 Å². The van der Waals surface area contributed by atoms with E-state index >= 15 is 0 Å². The summed E-state index contributed by atoms with van der Waals surface area (Å²) in [6.07, 6.45) is 4.31. The fourth-order valence-electron chi connectivity index (χ4n) is 0.750. The van der Waals surface area contributed by atoms with Gasteiger partial charge in [-0.25, -0.2) is 0 Å². The van der Waals surface area contributed by atoms with E-state index in [-0.39, 0.29) is 5.41 Å². The molecule has 2 heteroatoms. The first-order valence-electron chi connectivity index (χ1n) is 3.92. The van der Waals surface area contributed by atoms with Crippen LogP contribution in [0, 0.1) is 5.41 Å². The summed E-state index contributed by atoms with van der Waals surface area (Å²) in [7, 11) is 0. The largest absolute Gasteiger partial charge is 0.124 e. The predicted octanol–water partition coefficient (Wildman–Crippen LogP) is 4.46. The highest BCUT2D eigenvalue weighted by Gasteiger charge is 2.03. The highest BCUT2D eigenvalue weighted by Crippen LogP contribution is 2.24. The fourth-order valence-corrected chi connectivity index (χ4v) is 1.71. The standard InChI is InChI=1S/C10H13ClS/c1-10(2,3)7-6-8-4-5-9(11)12-8/h4-7H,1-3H3/b7-6+. The van der Waals surface area contributed by atoms with Crippen LogP contribution in [0.5, 0.6) is 0 Å². The molecule has 0 fully saturated rings. The lowest BCUT2D eigenvalue weighted by Gasteiger charge is -2.10. The summed E-state index contributed by atoms with van der Waals surface area (Å²) in [5, 5.41) is 0. The van der Waals surface area contributed by atoms with Crippen molar-refractivity contribution in [2.24, 2.45) is 5.41 Å². The van der Waals surface area contributed by atoms with E-state index in [1.165, 1.54) is 4.88 Å². The summed E-state index contributed by atoms with van der Waals surface area (Å²) >= 11 is 7.40. The first-order chi connectivity index (χ1) is 5.47. The molecule has 0 unspecified atom stereocenters. The second kappa shape index (κ2) is 3.63. The maximum Gasteiger partial charge on any atom is 0.0934 e. The summed E-state index contributed by atoms with van der Waals surface area (Å²) in [5.41, 5.74) is 0.246. The highest BCUT2D eigenvalue weighted by atomic mass is 35.5. The molecule has 0 aliphatic rings. The molecule has 0 aromatic carbocycles. The van der Waals surface area contributed by atoms with Crippen molar-refractivity contribution in [2.75, 3.05) is 0 Å². The molecule has 0 radical (unpaired) electrons. The van der Waals surface area contributed by atoms with E-state index in [2.05, 4.69) is 32.9 Å². The van der Waals surface area contributed by atoms with Gasteiger partial charge in [-0.2, -0.15) is 0 Å². The molecule has 12 heavy (non-hydrogen) atoms. The number of hydrogen-bond acceptors (Lipinski definition) is 1. The van der Waals surface area contributed by atoms with Crippen LogP contribution in [-0.4, -0.2) is 0 Å². The Morgan fingerprint density at radius 3 is 2.42 bits per heavy atom. The van der Waals surface area contributed by atoms with E-state index in [4.69, 9.17) is 11.6 Å². The second-order valence-electron chi connectivity index (χ2n) is 3.84. The predicted molar refractivity (Wildman–Crippen MR) is 57.8 cm³/mol. The monoisotopic (exact) mass is 200 g/mol. The zero-order valence-electron chi connectivity index (χ0n) is 7.60. The van der Waals surface area contributed by atoms with Crippen LogP contribution in [0.3, 0.4) is 0 Å². The highest BCUT2D eigenvalue weighted by molar-refractivity contribution is 7.16. The molecule has 0 aliphatic heterocycles. The van der Waals surface area contributed by atoms with Crippen molar-refractivity contribution in [2.45, 2.75) is 20.8 Å². The van der Waals surface area contributed by atoms with E-state index in [0.29, 0.717) is 0 Å². The molecule has 0 spiro atoms. The van der Waals surface area contributed by atoms with Gasteiger partial charge < -0.3 is 0 Å². The maximum absolute atomic E-state index is 5.80. The minimum Gasteiger partial charge on any atom is -0.124 e. The van der Waals surface area contributed by atoms with Gasteiger partial charge >= 0.3 is 0 Å². The number of halogens is 1. The number of allylic oxidation sites excluding steroid dienone is 1. The molecular weight excluding hydrogens is 188 g/mol. The Morgan fingerprint density at radius 2 is 2.00 bits per heavy atom. The summed E-state index contributed by atoms with van der Waals surface area (Å²) in [6.45, 7) is 6.54. The van der Waals surface area contributed by atoms with Gasteiger partial charge in [-0.05, 0) is 23.6 Å². The molecule has 1 aromatic rings. The van der Waals surface area contributed by atoms with E-state index in [9.17, 15) is 0 Å². The van der Waals surface area contributed by atoms with Gasteiger partial charge in [0.05, 0.1) is 4.34 Å². The second-order valence-corrected chi connectivity index (χ2v) is 5.59. The summed E-state index contributed by atoms with van der Waals surface area (Å²) < 4.78 is 0.851. The molecule has 1 rings (SSSR count). The van der Waals surface area contributed by atoms with Crippen molar-refractivity contribution >= 4 is 29.0 Å². The third-order valence-corrected chi connectivity index (χ3v) is 2.54. The molecule has 0 nitrogen and oxygen atoms in total. The Balaban J connectivity index is 2.70. The van der Waals surface area contributed by atoms with Gasteiger partial charge in [-0.15, -0.1) is 11.3 Å². The van der Waals surface area contributed by atoms with Gasteiger partial charge in [-0.1, -0.05) is 38.4 Å². The molecule has 1 heterocycles. The zero-order valence-corrected chi connectivity index (χ0v) is 9.17. The zero-order chi connectivity index (χ0) is 9.19. The van der Waals surface area contributed by atoms with Crippen LogP contribution < -0.4 is 0 Å². The lowest BCUT2D eigenvalue weighted by Crippen LogP contribution is -1.97. The SMILES string of the molecule is CC(C)(C)/C=C/c1ccc(Cl)s1. The van der Waals surface area contributed by atoms with Crippen LogP contribution in [0.2, 0.25) is 4.34 Å². The molecule has 0 aliphatic carbocycles. The van der Waals surface area contributed by atoms with Gasteiger partial charge in [0, 0.05) is 4.88 Å². The number of rotatable bonds is 1. The van der Waals surface area contributed by atoms with E-state index in [0.717, 1.165) is 4.34 Å². The fraction of sp³-hybridized carbons (Fsp3) is 0.400. The Bertz CT molecular complexity index is 278. The lowest BCUT2D eigenvalue weighted by atomic mass is 9.96. The van der Waals surface area contributed by atoms with Crippen LogP contribution in [-0.2, 0) is 0 Å². The third-order valence-electron chi connectivity index (χ3n) is 1.34. The van der Waals surface area contributed by atoms with Crippen molar-refractivity contribution in [1.82, 2.24) is 0 Å². The van der Waals surface area contributed by atoms with Crippen molar-refractivity contribution in [1.29, 1.82) is 0 Å². The molecule has 0 amide bonds. The molecular formula is C10H13ClS. The summed E-state index contributed by atoms with van der Waals surface area (Å²) in [6, 6.07) is 3.96. The topological polar surface area (TPSA) is 0 Å². The van der Waals surface area contributed by atoms with Crippen LogP contribution >= 0.6 is 22.9 Å². The lowest BCUT2D eigenvalue weighted by molar-refractivity contribution is 0.547. The van der Waals surface area contributed by atoms with Gasteiger partial charge in [0.15, 0.2) is 0 Å². The summed E-state index contributed by atoms with van der Waals surface area (Å²) in [5.74, 6) is 0. The van der Waals surface area contributed by atoms with Crippen LogP contribution in [0.25, 0.3) is 6.08 Å². The average Bonchev–Trinajstić information content (AvgIpc) is 2.30. The quantitative estimate of drug-likeness (QED) is 0.628. The van der Waals surface area contributed by atoms with Gasteiger partial charge in [0.2, 0.25) is 0 Å². The minimum atomic E-state index is 0.246. The maximum atomic E-state index is 5.80. The van der Waals surface area contributed by atoms with E-state index < -0.39 is 0 Å². The third kappa shape index (κ3) is 3.42. The van der Waals surface area contributed by atoms with Crippen LogP contribution in [0.15, 0.2) is 18.2 Å². The Morgan fingerprint density at radius 1 is 1.33 bits per heavy atom. The summed E-state index contributed by atoms with van der Waals surface area (Å²) in [4.78, 5) is 1.22. The molecule has 0 N–H and O–H groups in total. The first-order valence-corrected chi connectivity index (χ1v) is 5.11. The number of thiophene rings is 1. The average molecular weight is 201 g/mol. The van der Waals surface area contributed by atoms with E-state index in [1.54, 1.807) is 11.3 Å². The van der Waals surface area contributed by atoms with E-state index in [1.807, 2.05) is 12.1 Å². The normalized spacial score (nSPS) is 12.7. The van der Waals surface area contributed by atoms with Crippen molar-refractivity contribution < 1.29 is 0 Å². The Kier molecular flexibility index (Phi) is 2.97. The smallest absolute Gasteiger partial charge is 0.0934 e. The van der Waals surface area contributed by atoms with Crippen LogP contribution in [0.4, 0.5) is 0 Å². The van der Waals surface area contributed by atoms with Gasteiger partial charge in [-0.3, -0.25) is 0 Å². The molecule has 0 atom stereocenters. The van der Waals surface area contributed by atoms with Crippen molar-refractivity contribution in [3.8, 4) is 0 Å². The number of hydrogen-bond donors (Lipinski definition) is 0. The van der Waals surface area contributed by atoms with Crippen molar-refractivity contribution in [3.63, 3.8) is 0 Å².